The highest BCUT2D eigenvalue weighted by atomic mass is 16.5. The minimum atomic E-state index is -0.581. The van der Waals surface area contributed by atoms with Crippen molar-refractivity contribution in [1.29, 1.82) is 0 Å². The Morgan fingerprint density at radius 2 is 2.24 bits per heavy atom. The van der Waals surface area contributed by atoms with Crippen LogP contribution in [-0.2, 0) is 9.53 Å². The van der Waals surface area contributed by atoms with Crippen molar-refractivity contribution in [2.75, 3.05) is 13.7 Å². The summed E-state index contributed by atoms with van der Waals surface area (Å²) < 4.78 is 4.98. The van der Waals surface area contributed by atoms with Gasteiger partial charge in [-0.2, -0.15) is 0 Å². The molecular formula is C13H20N2O2. The van der Waals surface area contributed by atoms with Crippen LogP contribution in [0.25, 0.3) is 0 Å². The summed E-state index contributed by atoms with van der Waals surface area (Å²) in [5.74, 6) is -0.177. The van der Waals surface area contributed by atoms with Gasteiger partial charge in [0.1, 0.15) is 6.10 Å². The van der Waals surface area contributed by atoms with Gasteiger partial charge in [-0.15, -0.1) is 0 Å². The van der Waals surface area contributed by atoms with E-state index in [0.29, 0.717) is 0 Å². The molecule has 0 spiro atoms. The van der Waals surface area contributed by atoms with Gasteiger partial charge in [-0.25, -0.2) is 0 Å². The first-order valence-electron chi connectivity index (χ1n) is 5.68. The second-order valence-corrected chi connectivity index (χ2v) is 4.10. The van der Waals surface area contributed by atoms with Crippen LogP contribution in [0.15, 0.2) is 24.3 Å². The van der Waals surface area contributed by atoms with E-state index in [1.54, 1.807) is 0 Å². The predicted molar refractivity (Wildman–Crippen MR) is 67.6 cm³/mol. The molecular weight excluding hydrogens is 216 g/mol. The van der Waals surface area contributed by atoms with Crippen molar-refractivity contribution in [1.82, 2.24) is 5.32 Å². The lowest BCUT2D eigenvalue weighted by Crippen LogP contribution is -2.41. The molecule has 0 aliphatic rings. The fourth-order valence-corrected chi connectivity index (χ4v) is 1.64. The Balaban J connectivity index is 2.66. The van der Waals surface area contributed by atoms with Gasteiger partial charge in [0.05, 0.1) is 6.04 Å². The van der Waals surface area contributed by atoms with Crippen LogP contribution in [0.3, 0.4) is 0 Å². The van der Waals surface area contributed by atoms with Gasteiger partial charge in [-0.05, 0) is 19.4 Å². The van der Waals surface area contributed by atoms with Crippen molar-refractivity contribution < 1.29 is 9.53 Å². The number of nitrogens with one attached hydrogen (secondary N) is 1. The molecule has 0 bridgehead atoms. The zero-order valence-electron chi connectivity index (χ0n) is 10.6. The van der Waals surface area contributed by atoms with Gasteiger partial charge in [-0.3, -0.25) is 4.79 Å². The maximum Gasteiger partial charge on any atom is 0.250 e. The maximum absolute atomic E-state index is 11.8. The van der Waals surface area contributed by atoms with Gasteiger partial charge >= 0.3 is 0 Å². The molecule has 1 aromatic rings. The Bertz CT molecular complexity index is 375. The van der Waals surface area contributed by atoms with Crippen molar-refractivity contribution in [3.8, 4) is 0 Å². The van der Waals surface area contributed by atoms with Crippen LogP contribution in [0.1, 0.15) is 24.1 Å². The fraction of sp³-hybridized carbons (Fsp3) is 0.462. The number of ether oxygens (including phenoxy) is 1. The van der Waals surface area contributed by atoms with Gasteiger partial charge < -0.3 is 15.8 Å². The number of benzene rings is 1. The molecule has 2 atom stereocenters. The summed E-state index contributed by atoms with van der Waals surface area (Å²) >= 11 is 0. The summed E-state index contributed by atoms with van der Waals surface area (Å²) in [4.78, 5) is 11.8. The monoisotopic (exact) mass is 236 g/mol. The number of methoxy groups -OCH3 is 1. The van der Waals surface area contributed by atoms with Crippen molar-refractivity contribution in [2.24, 2.45) is 5.73 Å². The van der Waals surface area contributed by atoms with E-state index < -0.39 is 6.10 Å². The number of amides is 1. The second-order valence-electron chi connectivity index (χ2n) is 4.10. The fourth-order valence-electron chi connectivity index (χ4n) is 1.64. The van der Waals surface area contributed by atoms with Crippen LogP contribution in [-0.4, -0.2) is 25.7 Å². The standard InChI is InChI=1S/C13H20N2O2/c1-9-5-4-6-11(7-9)10(2)15-13(16)12(8-14)17-3/h4-7,10,12H,8,14H2,1-3H3,(H,15,16)/t10-,12?/m1/s1. The van der Waals surface area contributed by atoms with Gasteiger partial charge in [0.2, 0.25) is 0 Å². The number of carbonyl (C=O) groups excluding carboxylic acids is 1. The topological polar surface area (TPSA) is 64.3 Å². The molecule has 0 aliphatic heterocycles. The quantitative estimate of drug-likeness (QED) is 0.806. The first kappa shape index (κ1) is 13.7. The third-order valence-electron chi connectivity index (χ3n) is 2.69. The summed E-state index contributed by atoms with van der Waals surface area (Å²) in [6, 6.07) is 7.99. The maximum atomic E-state index is 11.8. The number of carbonyl (C=O) groups is 1. The summed E-state index contributed by atoms with van der Waals surface area (Å²) in [5.41, 5.74) is 7.68. The summed E-state index contributed by atoms with van der Waals surface area (Å²) in [7, 11) is 1.48. The zero-order chi connectivity index (χ0) is 12.8. The van der Waals surface area contributed by atoms with Crippen molar-refractivity contribution in [3.05, 3.63) is 35.4 Å². The number of hydrogen-bond donors (Lipinski definition) is 2. The number of hydrogen-bond acceptors (Lipinski definition) is 3. The van der Waals surface area contributed by atoms with E-state index in [9.17, 15) is 4.79 Å². The van der Waals surface area contributed by atoms with Gasteiger partial charge in [0.15, 0.2) is 0 Å². The van der Waals surface area contributed by atoms with E-state index in [1.165, 1.54) is 12.7 Å². The second kappa shape index (κ2) is 6.37. The smallest absolute Gasteiger partial charge is 0.250 e. The Hall–Kier alpha value is -1.39. The molecule has 0 radical (unpaired) electrons. The highest BCUT2D eigenvalue weighted by Gasteiger charge is 2.18. The Morgan fingerprint density at radius 3 is 2.76 bits per heavy atom. The average Bonchev–Trinajstić information content (AvgIpc) is 2.30. The Morgan fingerprint density at radius 1 is 1.53 bits per heavy atom. The molecule has 0 aliphatic carbocycles. The van der Waals surface area contributed by atoms with E-state index in [-0.39, 0.29) is 18.5 Å². The van der Waals surface area contributed by atoms with E-state index in [2.05, 4.69) is 11.4 Å². The predicted octanol–water partition coefficient (Wildman–Crippen LogP) is 1.15. The minimum Gasteiger partial charge on any atom is -0.370 e. The summed E-state index contributed by atoms with van der Waals surface area (Å²) in [6.45, 7) is 4.15. The third-order valence-corrected chi connectivity index (χ3v) is 2.69. The SMILES string of the molecule is COC(CN)C(=O)N[C@H](C)c1cccc(C)c1. The lowest BCUT2D eigenvalue weighted by atomic mass is 10.1. The molecule has 4 heteroatoms. The normalized spacial score (nSPS) is 14.1. The minimum absolute atomic E-state index is 0.0494. The lowest BCUT2D eigenvalue weighted by molar-refractivity contribution is -0.131. The first-order valence-corrected chi connectivity index (χ1v) is 5.68. The Kier molecular flexibility index (Phi) is 5.12. The van der Waals surface area contributed by atoms with Crippen LogP contribution in [0.2, 0.25) is 0 Å². The number of nitrogens with two attached hydrogens (primary N) is 1. The molecule has 0 saturated heterocycles. The molecule has 1 rings (SSSR count). The van der Waals surface area contributed by atoms with Gasteiger partial charge in [0, 0.05) is 13.7 Å². The van der Waals surface area contributed by atoms with Crippen LogP contribution < -0.4 is 11.1 Å². The van der Waals surface area contributed by atoms with Gasteiger partial charge in [-0.1, -0.05) is 29.8 Å². The van der Waals surface area contributed by atoms with Crippen LogP contribution >= 0.6 is 0 Å². The molecule has 17 heavy (non-hydrogen) atoms. The molecule has 4 nitrogen and oxygen atoms in total. The van der Waals surface area contributed by atoms with E-state index in [4.69, 9.17) is 10.5 Å². The lowest BCUT2D eigenvalue weighted by Gasteiger charge is -2.18. The van der Waals surface area contributed by atoms with E-state index in [0.717, 1.165) is 5.56 Å². The highest BCUT2D eigenvalue weighted by Crippen LogP contribution is 2.13. The van der Waals surface area contributed by atoms with Gasteiger partial charge in [0.25, 0.3) is 5.91 Å². The third kappa shape index (κ3) is 3.84. The van der Waals surface area contributed by atoms with Crippen LogP contribution in [0, 0.1) is 6.92 Å². The summed E-state index contributed by atoms with van der Waals surface area (Å²) in [5, 5.41) is 2.88. The van der Waals surface area contributed by atoms with Crippen molar-refractivity contribution in [3.63, 3.8) is 0 Å². The highest BCUT2D eigenvalue weighted by molar-refractivity contribution is 5.81. The Labute approximate surface area is 102 Å². The largest absolute Gasteiger partial charge is 0.370 e. The molecule has 0 aromatic heterocycles. The molecule has 1 unspecified atom stereocenters. The molecule has 0 heterocycles. The van der Waals surface area contributed by atoms with E-state index in [1.807, 2.05) is 32.0 Å². The van der Waals surface area contributed by atoms with E-state index >= 15 is 0 Å². The van der Waals surface area contributed by atoms with Crippen molar-refractivity contribution in [2.45, 2.75) is 26.0 Å². The number of aryl methyl sites for hydroxylation is 1. The van der Waals surface area contributed by atoms with Crippen LogP contribution in [0.5, 0.6) is 0 Å². The first-order chi connectivity index (χ1) is 8.08. The molecule has 1 aromatic carbocycles. The summed E-state index contributed by atoms with van der Waals surface area (Å²) in [6.07, 6.45) is -0.581. The van der Waals surface area contributed by atoms with Crippen molar-refractivity contribution >= 4 is 5.91 Å². The molecule has 0 saturated carbocycles. The average molecular weight is 236 g/mol. The molecule has 1 amide bonds. The zero-order valence-corrected chi connectivity index (χ0v) is 10.6. The molecule has 94 valence electrons. The number of rotatable bonds is 5. The van der Waals surface area contributed by atoms with Crippen LogP contribution in [0.4, 0.5) is 0 Å². The molecule has 0 fully saturated rings. The molecule has 3 N–H and O–H groups in total.